The smallest absolute Gasteiger partial charge is 0.262 e. The molecule has 160 valence electrons. The number of carbonyl (C=O) groups excluding carboxylic acids is 2. The Morgan fingerprint density at radius 3 is 2.42 bits per heavy atom. The molecule has 2 amide bonds. The Hall–Kier alpha value is -3.87. The molecule has 0 aromatic heterocycles. The Morgan fingerprint density at radius 2 is 1.74 bits per heavy atom. The number of carbonyl (C=O) groups is 2. The van der Waals surface area contributed by atoms with Crippen LogP contribution in [0.25, 0.3) is 10.8 Å². The van der Waals surface area contributed by atoms with E-state index in [-0.39, 0.29) is 17.6 Å². The van der Waals surface area contributed by atoms with Crippen LogP contribution < -0.4 is 15.5 Å². The maximum absolute atomic E-state index is 12.7. The van der Waals surface area contributed by atoms with Gasteiger partial charge in [0.15, 0.2) is 0 Å². The zero-order chi connectivity index (χ0) is 22.4. The number of phenols is 1. The monoisotopic (exact) mass is 419 g/mol. The molecule has 3 rings (SSSR count). The van der Waals surface area contributed by atoms with Crippen molar-refractivity contribution in [1.29, 1.82) is 0 Å². The number of aromatic hydroxyl groups is 1. The highest BCUT2D eigenvalue weighted by Crippen LogP contribution is 2.25. The molecule has 0 radical (unpaired) electrons. The number of nitrogens with one attached hydrogen (secondary N) is 2. The first kappa shape index (κ1) is 21.8. The van der Waals surface area contributed by atoms with E-state index in [1.165, 1.54) is 6.21 Å². The number of hydrazone groups is 1. The molecule has 0 aliphatic rings. The summed E-state index contributed by atoms with van der Waals surface area (Å²) in [6.45, 7) is 3.66. The van der Waals surface area contributed by atoms with Crippen LogP contribution in [0.1, 0.15) is 29.8 Å². The normalized spacial score (nSPS) is 12.1. The summed E-state index contributed by atoms with van der Waals surface area (Å²) >= 11 is 0. The second-order valence-electron chi connectivity index (χ2n) is 7.38. The zero-order valence-electron chi connectivity index (χ0n) is 17.6. The van der Waals surface area contributed by atoms with E-state index in [9.17, 15) is 14.7 Å². The van der Waals surface area contributed by atoms with Crippen LogP contribution in [-0.4, -0.2) is 36.3 Å². The van der Waals surface area contributed by atoms with E-state index in [2.05, 4.69) is 15.8 Å². The fourth-order valence-corrected chi connectivity index (χ4v) is 3.15. The van der Waals surface area contributed by atoms with Crippen molar-refractivity contribution in [3.63, 3.8) is 0 Å². The number of phenolic OH excluding ortho intramolecular Hbond substituents is 1. The van der Waals surface area contributed by atoms with E-state index in [1.807, 2.05) is 44.2 Å². The molecular weight excluding hydrogens is 394 g/mol. The number of nitrogens with zero attached hydrogens (tertiary/aromatic N) is 1. The Bertz CT molecular complexity index is 1110. The Labute approximate surface area is 180 Å². The molecular formula is C24H25N3O4. The van der Waals surface area contributed by atoms with Gasteiger partial charge in [-0.1, -0.05) is 44.2 Å². The lowest BCUT2D eigenvalue weighted by atomic mass is 10.0. The molecule has 0 saturated heterocycles. The molecule has 1 unspecified atom stereocenters. The van der Waals surface area contributed by atoms with Gasteiger partial charge in [0, 0.05) is 11.1 Å². The largest absolute Gasteiger partial charge is 0.507 e. The van der Waals surface area contributed by atoms with Crippen molar-refractivity contribution in [2.45, 2.75) is 19.9 Å². The van der Waals surface area contributed by atoms with E-state index >= 15 is 0 Å². The first-order valence-electron chi connectivity index (χ1n) is 9.89. The first-order chi connectivity index (χ1) is 14.9. The topological polar surface area (TPSA) is 100 Å². The van der Waals surface area contributed by atoms with Gasteiger partial charge in [0.1, 0.15) is 17.5 Å². The van der Waals surface area contributed by atoms with Gasteiger partial charge in [0.05, 0.1) is 13.3 Å². The first-order valence-corrected chi connectivity index (χ1v) is 9.89. The van der Waals surface area contributed by atoms with Crippen molar-refractivity contribution in [3.8, 4) is 11.5 Å². The number of methoxy groups -OCH3 is 1. The number of benzene rings is 3. The molecule has 3 N–H and O–H groups in total. The molecule has 0 saturated carbocycles. The average molecular weight is 419 g/mol. The SMILES string of the molecule is COc1ccc(C(=O)NC(C(=O)NN=Cc2c(O)ccc3ccccc23)C(C)C)cc1. The van der Waals surface area contributed by atoms with Crippen LogP contribution in [0, 0.1) is 5.92 Å². The van der Waals surface area contributed by atoms with E-state index in [4.69, 9.17) is 4.74 Å². The summed E-state index contributed by atoms with van der Waals surface area (Å²) in [5.41, 5.74) is 3.39. The second-order valence-corrected chi connectivity index (χ2v) is 7.38. The molecule has 31 heavy (non-hydrogen) atoms. The fourth-order valence-electron chi connectivity index (χ4n) is 3.15. The van der Waals surface area contributed by atoms with E-state index in [0.717, 1.165) is 10.8 Å². The van der Waals surface area contributed by atoms with Crippen LogP contribution in [0.5, 0.6) is 11.5 Å². The average Bonchev–Trinajstić information content (AvgIpc) is 2.78. The van der Waals surface area contributed by atoms with Gasteiger partial charge in [-0.15, -0.1) is 0 Å². The third-order valence-electron chi connectivity index (χ3n) is 4.90. The van der Waals surface area contributed by atoms with E-state index in [1.54, 1.807) is 37.4 Å². The minimum atomic E-state index is -0.784. The predicted octanol–water partition coefficient (Wildman–Crippen LogP) is 3.46. The molecule has 0 aliphatic heterocycles. The molecule has 7 heteroatoms. The van der Waals surface area contributed by atoms with Gasteiger partial charge in [-0.05, 0) is 47.0 Å². The zero-order valence-corrected chi connectivity index (χ0v) is 17.6. The third-order valence-corrected chi connectivity index (χ3v) is 4.90. The Kier molecular flexibility index (Phi) is 6.87. The summed E-state index contributed by atoms with van der Waals surface area (Å²) in [4.78, 5) is 25.2. The second kappa shape index (κ2) is 9.75. The Balaban J connectivity index is 1.71. The third kappa shape index (κ3) is 5.19. The number of amides is 2. The summed E-state index contributed by atoms with van der Waals surface area (Å²) in [7, 11) is 1.55. The van der Waals surface area contributed by atoms with Crippen molar-refractivity contribution in [1.82, 2.24) is 10.7 Å². The summed E-state index contributed by atoms with van der Waals surface area (Å²) in [6.07, 6.45) is 1.40. The number of fused-ring (bicyclic) bond motifs is 1. The molecule has 3 aromatic rings. The number of hydrogen-bond donors (Lipinski definition) is 3. The maximum Gasteiger partial charge on any atom is 0.262 e. The molecule has 0 heterocycles. The van der Waals surface area contributed by atoms with Gasteiger partial charge < -0.3 is 15.2 Å². The minimum Gasteiger partial charge on any atom is -0.507 e. The van der Waals surface area contributed by atoms with Crippen molar-refractivity contribution in [2.75, 3.05) is 7.11 Å². The molecule has 7 nitrogen and oxygen atoms in total. The van der Waals surface area contributed by atoms with Crippen LogP contribution in [-0.2, 0) is 4.79 Å². The maximum atomic E-state index is 12.7. The van der Waals surface area contributed by atoms with Crippen LogP contribution in [0.4, 0.5) is 0 Å². The predicted molar refractivity (Wildman–Crippen MR) is 120 cm³/mol. The quantitative estimate of drug-likeness (QED) is 0.403. The minimum absolute atomic E-state index is 0.0601. The van der Waals surface area contributed by atoms with Gasteiger partial charge in [-0.2, -0.15) is 5.10 Å². The fraction of sp³-hybridized carbons (Fsp3) is 0.208. The van der Waals surface area contributed by atoms with Gasteiger partial charge in [-0.3, -0.25) is 9.59 Å². The lowest BCUT2D eigenvalue weighted by Gasteiger charge is -2.20. The van der Waals surface area contributed by atoms with Gasteiger partial charge >= 0.3 is 0 Å². The highest BCUT2D eigenvalue weighted by molar-refractivity contribution is 6.03. The standard InChI is InChI=1S/C24H25N3O4/c1-15(2)22(26-23(29)17-8-11-18(31-3)12-9-17)24(30)27-25-14-20-19-7-5-4-6-16(19)10-13-21(20)28/h4-15,22,28H,1-3H3,(H,26,29)(H,27,30). The van der Waals surface area contributed by atoms with Gasteiger partial charge in [0.25, 0.3) is 11.8 Å². The number of hydrogen-bond acceptors (Lipinski definition) is 5. The lowest BCUT2D eigenvalue weighted by Crippen LogP contribution is -2.48. The number of rotatable bonds is 7. The van der Waals surface area contributed by atoms with E-state index in [0.29, 0.717) is 16.9 Å². The highest BCUT2D eigenvalue weighted by atomic mass is 16.5. The lowest BCUT2D eigenvalue weighted by molar-refractivity contribution is -0.123. The summed E-state index contributed by atoms with van der Waals surface area (Å²) in [5, 5.41) is 18.7. The van der Waals surface area contributed by atoms with Crippen LogP contribution >= 0.6 is 0 Å². The van der Waals surface area contributed by atoms with Crippen LogP contribution in [0.3, 0.4) is 0 Å². The highest BCUT2D eigenvalue weighted by Gasteiger charge is 2.24. The van der Waals surface area contributed by atoms with Crippen LogP contribution in [0.15, 0.2) is 65.8 Å². The molecule has 0 fully saturated rings. The molecule has 3 aromatic carbocycles. The molecule has 0 spiro atoms. The van der Waals surface area contributed by atoms with Gasteiger partial charge in [-0.25, -0.2) is 5.43 Å². The van der Waals surface area contributed by atoms with Crippen molar-refractivity contribution in [2.24, 2.45) is 11.0 Å². The van der Waals surface area contributed by atoms with Crippen molar-refractivity contribution >= 4 is 28.8 Å². The van der Waals surface area contributed by atoms with Crippen LogP contribution in [0.2, 0.25) is 0 Å². The van der Waals surface area contributed by atoms with E-state index < -0.39 is 11.9 Å². The molecule has 0 aliphatic carbocycles. The number of ether oxygens (including phenoxy) is 1. The summed E-state index contributed by atoms with van der Waals surface area (Å²) in [6, 6.07) is 16.8. The molecule has 1 atom stereocenters. The Morgan fingerprint density at radius 1 is 1.03 bits per heavy atom. The summed E-state index contributed by atoms with van der Waals surface area (Å²) < 4.78 is 5.09. The van der Waals surface area contributed by atoms with Crippen molar-refractivity contribution < 1.29 is 19.4 Å². The van der Waals surface area contributed by atoms with Crippen molar-refractivity contribution in [3.05, 3.63) is 71.8 Å². The molecule has 0 bridgehead atoms. The van der Waals surface area contributed by atoms with Gasteiger partial charge in [0.2, 0.25) is 0 Å². The summed E-state index contributed by atoms with van der Waals surface area (Å²) in [5.74, 6) is -0.283.